The molecule has 0 radical (unpaired) electrons. The van der Waals surface area contributed by atoms with E-state index >= 15 is 0 Å². The van der Waals surface area contributed by atoms with Gasteiger partial charge in [0, 0.05) is 14.2 Å². The number of amides is 2. The Labute approximate surface area is 195 Å². The van der Waals surface area contributed by atoms with E-state index in [1.807, 2.05) is 62.6 Å². The number of ether oxygens (including phenoxy) is 2. The van der Waals surface area contributed by atoms with Crippen LogP contribution in [0.1, 0.15) is 68.2 Å². The fraction of sp³-hybridized carbons (Fsp3) is 0.875. The smallest absolute Gasteiger partial charge is 0.309 e. The van der Waals surface area contributed by atoms with Crippen LogP contribution in [0.4, 0.5) is 0 Å². The summed E-state index contributed by atoms with van der Waals surface area (Å²) in [6.45, 7) is 15.1. The molecule has 188 valence electrons. The van der Waals surface area contributed by atoms with Crippen LogP contribution in [0.5, 0.6) is 0 Å². The predicted molar refractivity (Wildman–Crippen MR) is 127 cm³/mol. The van der Waals surface area contributed by atoms with E-state index in [9.17, 15) is 14.4 Å². The van der Waals surface area contributed by atoms with Gasteiger partial charge in [-0.2, -0.15) is 0 Å². The zero-order chi connectivity index (χ0) is 25.4. The number of hydrogen-bond acceptors (Lipinski definition) is 6. The van der Waals surface area contributed by atoms with E-state index in [-0.39, 0.29) is 48.1 Å². The lowest BCUT2D eigenvalue weighted by molar-refractivity contribution is -0.161. The van der Waals surface area contributed by atoms with Crippen molar-refractivity contribution < 1.29 is 23.9 Å². The summed E-state index contributed by atoms with van der Waals surface area (Å²) in [6, 6.07) is -1.39. The fourth-order valence-electron chi connectivity index (χ4n) is 3.52. The average Bonchev–Trinajstić information content (AvgIpc) is 2.67. The quantitative estimate of drug-likeness (QED) is 0.453. The maximum absolute atomic E-state index is 13.5. The van der Waals surface area contributed by atoms with Crippen molar-refractivity contribution in [3.63, 3.8) is 0 Å². The molecule has 0 fully saturated rings. The summed E-state index contributed by atoms with van der Waals surface area (Å²) in [6.07, 6.45) is 0.307. The molecular weight excluding hydrogens is 410 g/mol. The highest BCUT2D eigenvalue weighted by atomic mass is 16.6. The topological polar surface area (TPSA) is 88.2 Å². The van der Waals surface area contributed by atoms with Crippen molar-refractivity contribution in [2.24, 2.45) is 11.8 Å². The van der Waals surface area contributed by atoms with E-state index in [0.717, 1.165) is 6.42 Å². The molecule has 0 saturated heterocycles. The number of likely N-dealkylation sites (N-methyl/N-ethyl adjacent to an activating group) is 2. The van der Waals surface area contributed by atoms with E-state index in [2.05, 4.69) is 5.32 Å². The first-order chi connectivity index (χ1) is 14.6. The van der Waals surface area contributed by atoms with Gasteiger partial charge in [-0.25, -0.2) is 0 Å². The van der Waals surface area contributed by atoms with Gasteiger partial charge in [-0.3, -0.25) is 19.3 Å². The van der Waals surface area contributed by atoms with Crippen LogP contribution in [0.3, 0.4) is 0 Å². The molecule has 2 amide bonds. The van der Waals surface area contributed by atoms with Crippen LogP contribution < -0.4 is 5.32 Å². The van der Waals surface area contributed by atoms with E-state index in [0.29, 0.717) is 0 Å². The van der Waals surface area contributed by atoms with Gasteiger partial charge in [0.2, 0.25) is 11.8 Å². The normalized spacial score (nSPS) is 16.8. The Hall–Kier alpha value is -1.67. The zero-order valence-corrected chi connectivity index (χ0v) is 22.3. The first-order valence-corrected chi connectivity index (χ1v) is 11.5. The molecule has 0 heterocycles. The van der Waals surface area contributed by atoms with Gasteiger partial charge in [0.25, 0.3) is 0 Å². The van der Waals surface area contributed by atoms with Crippen LogP contribution in [0.25, 0.3) is 0 Å². The van der Waals surface area contributed by atoms with Crippen molar-refractivity contribution in [2.75, 3.05) is 28.3 Å². The minimum absolute atomic E-state index is 0.0385. The minimum atomic E-state index is -0.680. The van der Waals surface area contributed by atoms with Crippen molar-refractivity contribution in [1.82, 2.24) is 15.1 Å². The third-order valence-corrected chi connectivity index (χ3v) is 5.88. The minimum Gasteiger partial charge on any atom is -0.460 e. The number of rotatable bonds is 12. The third kappa shape index (κ3) is 9.45. The summed E-state index contributed by atoms with van der Waals surface area (Å²) >= 11 is 0. The number of nitrogens with one attached hydrogen (secondary N) is 1. The molecular formula is C24H47N3O5. The lowest BCUT2D eigenvalue weighted by atomic mass is 9.90. The van der Waals surface area contributed by atoms with Crippen LogP contribution >= 0.6 is 0 Å². The lowest BCUT2D eigenvalue weighted by Crippen LogP contribution is -2.58. The molecule has 8 heteroatoms. The Morgan fingerprint density at radius 3 is 1.91 bits per heavy atom. The van der Waals surface area contributed by atoms with Gasteiger partial charge in [-0.15, -0.1) is 0 Å². The van der Waals surface area contributed by atoms with E-state index in [1.165, 1.54) is 0 Å². The Balaban J connectivity index is 5.78. The SMILES string of the molecule is CC[C@H](C)[C@@H]([C@@H](CC(=O)OC(C)(C)C)OC)N(C)C(=O)[C@@H](NC(=O)[C@H](C)N(C)C)C(C)C. The Kier molecular flexibility index (Phi) is 12.5. The number of nitrogens with zero attached hydrogens (tertiary/aromatic N) is 2. The summed E-state index contributed by atoms with van der Waals surface area (Å²) < 4.78 is 11.2. The molecule has 0 aliphatic heterocycles. The van der Waals surface area contributed by atoms with Gasteiger partial charge in [0.1, 0.15) is 11.6 Å². The molecule has 0 saturated carbocycles. The van der Waals surface area contributed by atoms with Crippen molar-refractivity contribution in [3.8, 4) is 0 Å². The Morgan fingerprint density at radius 1 is 1.00 bits per heavy atom. The second-order valence-corrected chi connectivity index (χ2v) is 10.3. The number of carbonyl (C=O) groups excluding carboxylic acids is 3. The molecule has 0 aliphatic rings. The Morgan fingerprint density at radius 2 is 1.53 bits per heavy atom. The monoisotopic (exact) mass is 457 g/mol. The van der Waals surface area contributed by atoms with E-state index < -0.39 is 17.7 Å². The molecule has 0 unspecified atom stereocenters. The van der Waals surface area contributed by atoms with Crippen molar-refractivity contribution >= 4 is 17.8 Å². The Bertz CT molecular complexity index is 615. The van der Waals surface area contributed by atoms with Crippen LogP contribution in [-0.2, 0) is 23.9 Å². The fourth-order valence-corrected chi connectivity index (χ4v) is 3.52. The summed E-state index contributed by atoms with van der Waals surface area (Å²) in [7, 11) is 6.91. The van der Waals surface area contributed by atoms with Crippen molar-refractivity contribution in [2.45, 2.75) is 98.1 Å². The number of methoxy groups -OCH3 is 1. The van der Waals surface area contributed by atoms with Gasteiger partial charge in [-0.1, -0.05) is 34.1 Å². The molecule has 0 aromatic heterocycles. The summed E-state index contributed by atoms with van der Waals surface area (Å²) in [4.78, 5) is 42.1. The molecule has 0 aliphatic carbocycles. The molecule has 0 rings (SSSR count). The largest absolute Gasteiger partial charge is 0.460 e. The highest BCUT2D eigenvalue weighted by Gasteiger charge is 2.38. The van der Waals surface area contributed by atoms with Gasteiger partial charge in [-0.05, 0) is 53.6 Å². The van der Waals surface area contributed by atoms with Gasteiger partial charge < -0.3 is 19.7 Å². The lowest BCUT2D eigenvalue weighted by Gasteiger charge is -2.40. The summed E-state index contributed by atoms with van der Waals surface area (Å²) in [5.41, 5.74) is -0.598. The molecule has 5 atom stereocenters. The first kappa shape index (κ1) is 30.3. The van der Waals surface area contributed by atoms with Crippen LogP contribution in [-0.4, -0.2) is 85.7 Å². The summed E-state index contributed by atoms with van der Waals surface area (Å²) in [5.74, 6) is -0.802. The predicted octanol–water partition coefficient (Wildman–Crippen LogP) is 2.70. The van der Waals surface area contributed by atoms with Crippen molar-refractivity contribution in [3.05, 3.63) is 0 Å². The molecule has 0 bridgehead atoms. The number of carbonyl (C=O) groups is 3. The van der Waals surface area contributed by atoms with Crippen LogP contribution in [0.2, 0.25) is 0 Å². The van der Waals surface area contributed by atoms with Crippen LogP contribution in [0, 0.1) is 11.8 Å². The summed E-state index contributed by atoms with van der Waals surface area (Å²) in [5, 5.41) is 2.91. The molecule has 0 spiro atoms. The van der Waals surface area contributed by atoms with Gasteiger partial charge in [0.05, 0.1) is 24.6 Å². The third-order valence-electron chi connectivity index (χ3n) is 5.88. The van der Waals surface area contributed by atoms with Crippen molar-refractivity contribution in [1.29, 1.82) is 0 Å². The average molecular weight is 458 g/mol. The van der Waals surface area contributed by atoms with Gasteiger partial charge >= 0.3 is 5.97 Å². The molecule has 32 heavy (non-hydrogen) atoms. The second kappa shape index (κ2) is 13.1. The van der Waals surface area contributed by atoms with Crippen LogP contribution in [0.15, 0.2) is 0 Å². The molecule has 1 N–H and O–H groups in total. The zero-order valence-electron chi connectivity index (χ0n) is 22.3. The number of hydrogen-bond donors (Lipinski definition) is 1. The molecule has 0 aromatic rings. The second-order valence-electron chi connectivity index (χ2n) is 10.3. The molecule has 0 aromatic carbocycles. The maximum Gasteiger partial charge on any atom is 0.309 e. The van der Waals surface area contributed by atoms with Gasteiger partial charge in [0.15, 0.2) is 0 Å². The number of esters is 1. The van der Waals surface area contributed by atoms with E-state index in [4.69, 9.17) is 9.47 Å². The maximum atomic E-state index is 13.5. The van der Waals surface area contributed by atoms with E-state index in [1.54, 1.807) is 30.9 Å². The molecule has 8 nitrogen and oxygen atoms in total. The standard InChI is InChI=1S/C24H47N3O5/c1-13-16(4)21(18(31-12)14-19(28)32-24(6,7)8)27(11)23(30)20(15(2)3)25-22(29)17(5)26(9)10/h15-18,20-21H,13-14H2,1-12H3,(H,25,29)/t16-,17-,18+,20-,21-/m0/s1. The highest BCUT2D eigenvalue weighted by Crippen LogP contribution is 2.24. The highest BCUT2D eigenvalue weighted by molar-refractivity contribution is 5.90. The first-order valence-electron chi connectivity index (χ1n) is 11.5.